The summed E-state index contributed by atoms with van der Waals surface area (Å²) in [5.74, 6) is 2.53. The predicted octanol–water partition coefficient (Wildman–Crippen LogP) is 16.5. The maximum absolute atomic E-state index is 5.40. The lowest BCUT2D eigenvalue weighted by Gasteiger charge is -2.32. The van der Waals surface area contributed by atoms with E-state index in [2.05, 4.69) is 200 Å². The van der Waals surface area contributed by atoms with E-state index in [1.54, 1.807) is 0 Å². The molecule has 0 N–H and O–H groups in total. The average Bonchev–Trinajstić information content (AvgIpc) is 4.00. The van der Waals surface area contributed by atoms with E-state index < -0.39 is 5.41 Å². The average molecular weight is 928 g/mol. The van der Waals surface area contributed by atoms with Crippen LogP contribution in [0.2, 0.25) is 0 Å². The van der Waals surface area contributed by atoms with Crippen LogP contribution in [-0.4, -0.2) is 24.9 Å². The van der Waals surface area contributed by atoms with Gasteiger partial charge in [0.2, 0.25) is 0 Å². The van der Waals surface area contributed by atoms with Crippen molar-refractivity contribution in [2.24, 2.45) is 0 Å². The van der Waals surface area contributed by atoms with Crippen LogP contribution in [0.1, 0.15) is 22.3 Å². The van der Waals surface area contributed by atoms with Gasteiger partial charge in [0.1, 0.15) is 0 Å². The Balaban J connectivity index is 1.06. The fourth-order valence-corrected chi connectivity index (χ4v) is 12.0. The van der Waals surface area contributed by atoms with Gasteiger partial charge in [-0.25, -0.2) is 24.9 Å². The van der Waals surface area contributed by atoms with Crippen molar-refractivity contribution >= 4 is 32.3 Å². The lowest BCUT2D eigenvalue weighted by molar-refractivity contribution is 0.802. The molecule has 0 fully saturated rings. The zero-order chi connectivity index (χ0) is 48.0. The Labute approximate surface area is 421 Å². The third-order valence-corrected chi connectivity index (χ3v) is 15.1. The number of rotatable bonds is 6. The van der Waals surface area contributed by atoms with E-state index >= 15 is 0 Å². The molecule has 0 radical (unpaired) electrons. The molecule has 5 nitrogen and oxygen atoms in total. The third-order valence-electron chi connectivity index (χ3n) is 15.1. The lowest BCUT2D eigenvalue weighted by atomic mass is 9.68. The predicted molar refractivity (Wildman–Crippen MR) is 297 cm³/mol. The van der Waals surface area contributed by atoms with Gasteiger partial charge in [0.15, 0.2) is 23.3 Å². The fraction of sp³-hybridized carbons (Fsp3) is 0.0147. The van der Waals surface area contributed by atoms with Crippen LogP contribution in [0.15, 0.2) is 249 Å². The third kappa shape index (κ3) is 6.25. The van der Waals surface area contributed by atoms with Crippen LogP contribution in [0.4, 0.5) is 0 Å². The summed E-state index contributed by atoms with van der Waals surface area (Å²) in [7, 11) is 0. The van der Waals surface area contributed by atoms with Crippen LogP contribution in [0, 0.1) is 0 Å². The second-order valence-corrected chi connectivity index (χ2v) is 19.1. The van der Waals surface area contributed by atoms with Crippen LogP contribution in [0.25, 0.3) is 123 Å². The summed E-state index contributed by atoms with van der Waals surface area (Å²) < 4.78 is 0. The largest absolute Gasteiger partial charge is 0.228 e. The van der Waals surface area contributed by atoms with Crippen LogP contribution in [-0.2, 0) is 5.41 Å². The van der Waals surface area contributed by atoms with Gasteiger partial charge < -0.3 is 0 Å². The van der Waals surface area contributed by atoms with Crippen molar-refractivity contribution in [3.8, 4) is 90.3 Å². The van der Waals surface area contributed by atoms with E-state index in [0.29, 0.717) is 23.3 Å². The molecule has 11 aromatic carbocycles. The summed E-state index contributed by atoms with van der Waals surface area (Å²) in [6, 6.07) is 88.8. The number of fused-ring (bicyclic) bond motifs is 17. The summed E-state index contributed by atoms with van der Waals surface area (Å²) >= 11 is 0. The van der Waals surface area contributed by atoms with Crippen LogP contribution < -0.4 is 0 Å². The number of hydrogen-bond donors (Lipinski definition) is 0. The van der Waals surface area contributed by atoms with E-state index in [-0.39, 0.29) is 0 Å². The van der Waals surface area contributed by atoms with E-state index in [4.69, 9.17) is 24.9 Å². The molecule has 2 aliphatic carbocycles. The first-order valence-corrected chi connectivity index (χ1v) is 24.8. The zero-order valence-corrected chi connectivity index (χ0v) is 39.4. The zero-order valence-electron chi connectivity index (χ0n) is 39.4. The maximum Gasteiger partial charge on any atom is 0.164 e. The molecule has 15 rings (SSSR count). The Kier molecular flexibility index (Phi) is 9.11. The van der Waals surface area contributed by atoms with Gasteiger partial charge >= 0.3 is 0 Å². The van der Waals surface area contributed by atoms with E-state index in [0.717, 1.165) is 44.8 Å². The number of aromatic nitrogens is 5. The van der Waals surface area contributed by atoms with Crippen molar-refractivity contribution in [3.05, 3.63) is 271 Å². The minimum atomic E-state index is -0.800. The summed E-state index contributed by atoms with van der Waals surface area (Å²) in [4.78, 5) is 26.5. The van der Waals surface area contributed by atoms with Gasteiger partial charge in [0, 0.05) is 33.4 Å². The molecule has 2 heterocycles. The quantitative estimate of drug-likeness (QED) is 0.155. The molecule has 0 saturated carbocycles. The van der Waals surface area contributed by atoms with Gasteiger partial charge in [0.25, 0.3) is 0 Å². The molecule has 1 atom stereocenters. The molecular weight excluding hydrogens is 887 g/mol. The highest BCUT2D eigenvalue weighted by Crippen LogP contribution is 2.66. The van der Waals surface area contributed by atoms with Crippen molar-refractivity contribution in [1.29, 1.82) is 0 Å². The van der Waals surface area contributed by atoms with Crippen LogP contribution in [0.5, 0.6) is 0 Å². The number of benzene rings is 11. The molecule has 73 heavy (non-hydrogen) atoms. The second-order valence-electron chi connectivity index (χ2n) is 19.1. The monoisotopic (exact) mass is 927 g/mol. The molecule has 2 aromatic heterocycles. The summed E-state index contributed by atoms with van der Waals surface area (Å²) in [5, 5.41) is 7.37. The normalized spacial score (nSPS) is 14.1. The van der Waals surface area contributed by atoms with Gasteiger partial charge in [-0.1, -0.05) is 231 Å². The standard InChI is InChI=1S/C68H41N5/c1-5-20-43(21-6-1)59-41-60(44-22-7-2-8-23-44)70-66(69-59)47-34-36-51-52-37-35-48(67-72-64(45-24-9-3-10-25-45)71-65(73-67)46-26-11-4-12-27-46)40-58(52)68(57(51)39-47)56-32-18-17-31-55(56)62-53-30-16-15-29-50(53)54-38-33-42-19-13-14-28-49(42)61(54)63(62)68/h1-41H. The molecule has 5 heteroatoms. The van der Waals surface area contributed by atoms with Crippen molar-refractivity contribution in [1.82, 2.24) is 24.9 Å². The second kappa shape index (κ2) is 16.2. The van der Waals surface area contributed by atoms with E-state index in [9.17, 15) is 0 Å². The van der Waals surface area contributed by atoms with E-state index in [1.807, 2.05) is 48.5 Å². The molecule has 2 aliphatic rings. The Morgan fingerprint density at radius 1 is 0.260 bits per heavy atom. The first-order chi connectivity index (χ1) is 36.2. The van der Waals surface area contributed by atoms with Crippen LogP contribution in [0.3, 0.4) is 0 Å². The van der Waals surface area contributed by atoms with Gasteiger partial charge in [0.05, 0.1) is 16.8 Å². The van der Waals surface area contributed by atoms with Crippen molar-refractivity contribution in [2.75, 3.05) is 0 Å². The Bertz CT molecular complexity index is 4070. The SMILES string of the molecule is c1ccc(-c2cc(-c3ccccc3)nc(-c3ccc4c(c3)C3(c5cc(-c6nc(-c7ccccc7)nc(-c7ccccc7)n6)ccc5-4)c4ccccc4-c4c3c3c5ccccc5ccc3c3ccccc43)n2)cc1. The highest BCUT2D eigenvalue weighted by atomic mass is 15.0. The molecule has 0 bridgehead atoms. The van der Waals surface area contributed by atoms with Crippen molar-refractivity contribution < 1.29 is 0 Å². The van der Waals surface area contributed by atoms with Gasteiger partial charge in [-0.3, -0.25) is 0 Å². The van der Waals surface area contributed by atoms with Gasteiger partial charge in [-0.05, 0) is 95.0 Å². The molecule has 338 valence electrons. The van der Waals surface area contributed by atoms with Crippen molar-refractivity contribution in [3.63, 3.8) is 0 Å². The summed E-state index contributed by atoms with van der Waals surface area (Å²) in [6.07, 6.45) is 0. The first-order valence-electron chi connectivity index (χ1n) is 24.8. The number of nitrogens with zero attached hydrogens (tertiary/aromatic N) is 5. The first kappa shape index (κ1) is 41.1. The smallest absolute Gasteiger partial charge is 0.164 e. The highest BCUT2D eigenvalue weighted by molar-refractivity contribution is 6.26. The minimum Gasteiger partial charge on any atom is -0.228 e. The molecule has 0 amide bonds. The molecule has 0 aliphatic heterocycles. The Hall–Kier alpha value is -9.71. The topological polar surface area (TPSA) is 64.5 Å². The molecule has 13 aromatic rings. The lowest BCUT2D eigenvalue weighted by Crippen LogP contribution is -2.26. The minimum absolute atomic E-state index is 0.613. The van der Waals surface area contributed by atoms with Crippen molar-refractivity contribution in [2.45, 2.75) is 5.41 Å². The fourth-order valence-electron chi connectivity index (χ4n) is 12.0. The molecule has 0 saturated heterocycles. The summed E-state index contributed by atoms with van der Waals surface area (Å²) in [6.45, 7) is 0. The number of hydrogen-bond acceptors (Lipinski definition) is 5. The maximum atomic E-state index is 5.40. The van der Waals surface area contributed by atoms with Gasteiger partial charge in [-0.15, -0.1) is 0 Å². The van der Waals surface area contributed by atoms with Crippen LogP contribution >= 0.6 is 0 Å². The summed E-state index contributed by atoms with van der Waals surface area (Å²) in [5.41, 5.74) is 16.4. The highest BCUT2D eigenvalue weighted by Gasteiger charge is 2.53. The molecular formula is C68H41N5. The Morgan fingerprint density at radius 2 is 0.712 bits per heavy atom. The molecule has 1 spiro atoms. The molecule has 1 unspecified atom stereocenters. The van der Waals surface area contributed by atoms with E-state index in [1.165, 1.54) is 76.8 Å². The Morgan fingerprint density at radius 3 is 1.29 bits per heavy atom. The van der Waals surface area contributed by atoms with Gasteiger partial charge in [-0.2, -0.15) is 0 Å².